The van der Waals surface area contributed by atoms with Crippen LogP contribution in [-0.4, -0.2) is 34.5 Å². The van der Waals surface area contributed by atoms with Crippen LogP contribution in [-0.2, 0) is 21.2 Å². The molecule has 0 bridgehead atoms. The molecule has 34 heavy (non-hydrogen) atoms. The number of nitrogens with one attached hydrogen (secondary N) is 2. The molecule has 1 amide bonds. The zero-order valence-electron chi connectivity index (χ0n) is 19.1. The summed E-state index contributed by atoms with van der Waals surface area (Å²) in [6, 6.07) is 15.8. The summed E-state index contributed by atoms with van der Waals surface area (Å²) in [5.41, 5.74) is 1.56. The van der Waals surface area contributed by atoms with Crippen LogP contribution in [0.3, 0.4) is 0 Å². The zero-order chi connectivity index (χ0) is 24.0. The first kappa shape index (κ1) is 24.1. The molecule has 0 spiro atoms. The first-order valence-electron chi connectivity index (χ1n) is 11.3. The predicted octanol–water partition coefficient (Wildman–Crippen LogP) is 5.12. The molecule has 0 radical (unpaired) electrons. The molecular formula is C25H29N3O4S2. The molecule has 2 heterocycles. The van der Waals surface area contributed by atoms with E-state index in [1.165, 1.54) is 0 Å². The van der Waals surface area contributed by atoms with Gasteiger partial charge in [-0.1, -0.05) is 6.07 Å². The Kier molecular flexibility index (Phi) is 7.74. The van der Waals surface area contributed by atoms with Gasteiger partial charge in [0.05, 0.1) is 12.8 Å². The lowest BCUT2D eigenvalue weighted by Crippen LogP contribution is -2.31. The number of carbonyl (C=O) groups is 1. The van der Waals surface area contributed by atoms with Crippen LogP contribution >= 0.6 is 11.3 Å². The molecule has 0 aliphatic carbocycles. The first-order chi connectivity index (χ1) is 16.4. The minimum Gasteiger partial charge on any atom is -0.497 e. The van der Waals surface area contributed by atoms with Gasteiger partial charge in [-0.05, 0) is 79.6 Å². The van der Waals surface area contributed by atoms with Crippen molar-refractivity contribution in [3.8, 4) is 5.75 Å². The number of anilines is 3. The molecule has 0 unspecified atom stereocenters. The maximum atomic E-state index is 13.5. The van der Waals surface area contributed by atoms with Crippen LogP contribution < -0.4 is 19.7 Å². The number of sulfonamides is 1. The van der Waals surface area contributed by atoms with Gasteiger partial charge in [-0.25, -0.2) is 8.42 Å². The van der Waals surface area contributed by atoms with E-state index in [-0.39, 0.29) is 10.8 Å². The van der Waals surface area contributed by atoms with Gasteiger partial charge in [0.1, 0.15) is 10.6 Å². The van der Waals surface area contributed by atoms with E-state index in [1.54, 1.807) is 60.9 Å². The highest BCUT2D eigenvalue weighted by Gasteiger charge is 2.24. The number of hydrogen-bond acceptors (Lipinski definition) is 6. The van der Waals surface area contributed by atoms with E-state index in [4.69, 9.17) is 4.74 Å². The fourth-order valence-corrected chi connectivity index (χ4v) is 6.01. The molecule has 1 saturated heterocycles. The Morgan fingerprint density at radius 2 is 1.76 bits per heavy atom. The summed E-state index contributed by atoms with van der Waals surface area (Å²) in [6.07, 6.45) is 4.17. The maximum absolute atomic E-state index is 13.5. The fourth-order valence-electron chi connectivity index (χ4n) is 3.99. The number of ether oxygens (including phenoxy) is 1. The van der Waals surface area contributed by atoms with E-state index in [9.17, 15) is 13.2 Å². The Labute approximate surface area is 204 Å². The van der Waals surface area contributed by atoms with Crippen LogP contribution in [0.2, 0.25) is 0 Å². The minimum atomic E-state index is -3.90. The number of benzene rings is 2. The molecule has 7 nitrogen and oxygen atoms in total. The number of piperidine rings is 1. The van der Waals surface area contributed by atoms with E-state index in [0.29, 0.717) is 35.7 Å². The molecule has 180 valence electrons. The van der Waals surface area contributed by atoms with Gasteiger partial charge >= 0.3 is 0 Å². The molecule has 3 aromatic rings. The van der Waals surface area contributed by atoms with E-state index >= 15 is 0 Å². The Bertz CT molecular complexity index is 1200. The number of nitrogens with zero attached hydrogens (tertiary/aromatic N) is 1. The summed E-state index contributed by atoms with van der Waals surface area (Å²) < 4.78 is 34.7. The standard InChI is InChI=1S/C25H29N3O4S2/c1-32-21-10-7-19(8-11-21)27-34(30,31)24-18-20(9-13-23(24)28-15-3-2-4-16-28)26-25(29)14-12-22-6-5-17-33-22/h5-11,13,17-18,27H,2-4,12,14-16H2,1H3,(H,26,29). The normalized spacial score (nSPS) is 14.0. The maximum Gasteiger partial charge on any atom is 0.264 e. The molecule has 2 aromatic carbocycles. The van der Waals surface area contributed by atoms with E-state index in [2.05, 4.69) is 14.9 Å². The average Bonchev–Trinajstić information content (AvgIpc) is 3.37. The topological polar surface area (TPSA) is 87.7 Å². The number of methoxy groups -OCH3 is 1. The Hall–Kier alpha value is -3.04. The smallest absolute Gasteiger partial charge is 0.264 e. The molecule has 1 aliphatic rings. The van der Waals surface area contributed by atoms with Gasteiger partial charge in [-0.15, -0.1) is 11.3 Å². The Morgan fingerprint density at radius 3 is 2.44 bits per heavy atom. The molecule has 2 N–H and O–H groups in total. The largest absolute Gasteiger partial charge is 0.497 e. The van der Waals surface area contributed by atoms with Crippen molar-refractivity contribution in [3.05, 3.63) is 64.9 Å². The van der Waals surface area contributed by atoms with E-state index in [1.807, 2.05) is 17.5 Å². The lowest BCUT2D eigenvalue weighted by molar-refractivity contribution is -0.116. The van der Waals surface area contributed by atoms with Gasteiger partial charge in [0.2, 0.25) is 5.91 Å². The van der Waals surface area contributed by atoms with Crippen molar-refractivity contribution in [2.45, 2.75) is 37.0 Å². The fraction of sp³-hybridized carbons (Fsp3) is 0.320. The average molecular weight is 500 g/mol. The van der Waals surface area contributed by atoms with Crippen LogP contribution in [0.25, 0.3) is 0 Å². The van der Waals surface area contributed by atoms with Crippen molar-refractivity contribution in [3.63, 3.8) is 0 Å². The van der Waals surface area contributed by atoms with E-state index < -0.39 is 10.0 Å². The van der Waals surface area contributed by atoms with Crippen LogP contribution in [0.5, 0.6) is 5.75 Å². The number of amides is 1. The molecule has 0 saturated carbocycles. The highest BCUT2D eigenvalue weighted by atomic mass is 32.2. The van der Waals surface area contributed by atoms with Crippen molar-refractivity contribution >= 4 is 44.3 Å². The van der Waals surface area contributed by atoms with Crippen molar-refractivity contribution < 1.29 is 17.9 Å². The van der Waals surface area contributed by atoms with Gasteiger partial charge in [0, 0.05) is 35.8 Å². The van der Waals surface area contributed by atoms with Crippen molar-refractivity contribution in [2.24, 2.45) is 0 Å². The van der Waals surface area contributed by atoms with Crippen LogP contribution in [0.1, 0.15) is 30.6 Å². The number of carbonyl (C=O) groups excluding carboxylic acids is 1. The third-order valence-electron chi connectivity index (χ3n) is 5.75. The Morgan fingerprint density at radius 1 is 1.03 bits per heavy atom. The summed E-state index contributed by atoms with van der Waals surface area (Å²) in [7, 11) is -2.34. The Balaban J connectivity index is 1.58. The molecule has 1 aliphatic heterocycles. The van der Waals surface area contributed by atoms with Gasteiger partial charge < -0.3 is 15.0 Å². The monoisotopic (exact) mass is 499 g/mol. The predicted molar refractivity (Wildman–Crippen MR) is 138 cm³/mol. The van der Waals surface area contributed by atoms with E-state index in [0.717, 1.165) is 37.2 Å². The van der Waals surface area contributed by atoms with Crippen LogP contribution in [0.4, 0.5) is 17.1 Å². The number of thiophene rings is 1. The second kappa shape index (κ2) is 10.9. The summed E-state index contributed by atoms with van der Waals surface area (Å²) in [6.45, 7) is 1.61. The van der Waals surface area contributed by atoms with Crippen molar-refractivity contribution in [2.75, 3.05) is 35.1 Å². The highest BCUT2D eigenvalue weighted by molar-refractivity contribution is 7.92. The van der Waals surface area contributed by atoms with Crippen molar-refractivity contribution in [1.82, 2.24) is 0 Å². The van der Waals surface area contributed by atoms with Gasteiger partial charge in [-0.3, -0.25) is 9.52 Å². The minimum absolute atomic E-state index is 0.148. The van der Waals surface area contributed by atoms with Crippen LogP contribution in [0.15, 0.2) is 64.9 Å². The first-order valence-corrected chi connectivity index (χ1v) is 13.7. The van der Waals surface area contributed by atoms with Crippen molar-refractivity contribution in [1.29, 1.82) is 0 Å². The third-order valence-corrected chi connectivity index (χ3v) is 8.10. The quantitative estimate of drug-likeness (QED) is 0.427. The molecule has 9 heteroatoms. The summed E-state index contributed by atoms with van der Waals surface area (Å²) in [4.78, 5) is 15.9. The summed E-state index contributed by atoms with van der Waals surface area (Å²) >= 11 is 1.62. The van der Waals surface area contributed by atoms with Crippen LogP contribution in [0, 0.1) is 0 Å². The second-order valence-corrected chi connectivity index (χ2v) is 10.9. The molecule has 1 fully saturated rings. The molecule has 0 atom stereocenters. The highest BCUT2D eigenvalue weighted by Crippen LogP contribution is 2.32. The molecule has 1 aromatic heterocycles. The molecule has 4 rings (SSSR count). The summed E-state index contributed by atoms with van der Waals surface area (Å²) in [5.74, 6) is 0.495. The zero-order valence-corrected chi connectivity index (χ0v) is 20.8. The number of aryl methyl sites for hydroxylation is 1. The second-order valence-electron chi connectivity index (χ2n) is 8.19. The molecular weight excluding hydrogens is 470 g/mol. The third kappa shape index (κ3) is 6.09. The SMILES string of the molecule is COc1ccc(NS(=O)(=O)c2cc(NC(=O)CCc3cccs3)ccc2N2CCCCC2)cc1. The lowest BCUT2D eigenvalue weighted by Gasteiger charge is -2.30. The number of hydrogen-bond donors (Lipinski definition) is 2. The lowest BCUT2D eigenvalue weighted by atomic mass is 10.1. The van der Waals surface area contributed by atoms with Gasteiger partial charge in [-0.2, -0.15) is 0 Å². The van der Waals surface area contributed by atoms with Gasteiger partial charge in [0.25, 0.3) is 10.0 Å². The van der Waals surface area contributed by atoms with Gasteiger partial charge in [0.15, 0.2) is 0 Å². The number of rotatable bonds is 9. The summed E-state index contributed by atoms with van der Waals surface area (Å²) in [5, 5.41) is 4.85.